The molecule has 0 saturated heterocycles. The quantitative estimate of drug-likeness (QED) is 0.694. The molecule has 0 N–H and O–H groups in total. The Kier molecular flexibility index (Phi) is 3.35. The molecule has 0 bridgehead atoms. The highest BCUT2D eigenvalue weighted by atomic mass is 32.2. The van der Waals surface area contributed by atoms with Crippen molar-refractivity contribution in [2.45, 2.75) is 10.9 Å². The summed E-state index contributed by atoms with van der Waals surface area (Å²) in [5.74, 6) is 0.127. The average molecular weight is 284 g/mol. The smallest absolute Gasteiger partial charge is 0.195 e. The average Bonchev–Trinajstić information content (AvgIpc) is 2.88. The summed E-state index contributed by atoms with van der Waals surface area (Å²) in [6.45, 7) is 0. The van der Waals surface area contributed by atoms with Crippen LogP contribution < -0.4 is 0 Å². The number of pyridine rings is 1. The van der Waals surface area contributed by atoms with Crippen LogP contribution in [0.25, 0.3) is 5.65 Å². The maximum atomic E-state index is 13.3. The van der Waals surface area contributed by atoms with E-state index in [1.807, 2.05) is 28.8 Å². The van der Waals surface area contributed by atoms with Gasteiger partial charge >= 0.3 is 0 Å². The van der Waals surface area contributed by atoms with Crippen LogP contribution in [0.1, 0.15) is 11.1 Å². The lowest BCUT2D eigenvalue weighted by atomic mass is 10.1. The number of rotatable bonds is 3. The van der Waals surface area contributed by atoms with Crippen molar-refractivity contribution < 1.29 is 4.39 Å². The number of hydrogen-bond donors (Lipinski definition) is 0. The van der Waals surface area contributed by atoms with Crippen molar-refractivity contribution in [3.05, 3.63) is 59.5 Å². The van der Waals surface area contributed by atoms with Crippen molar-refractivity contribution in [3.63, 3.8) is 0 Å². The topological polar surface area (TPSA) is 54.0 Å². The molecule has 0 aliphatic heterocycles. The van der Waals surface area contributed by atoms with E-state index in [1.54, 1.807) is 0 Å². The van der Waals surface area contributed by atoms with Crippen molar-refractivity contribution in [1.82, 2.24) is 14.6 Å². The second kappa shape index (κ2) is 5.31. The van der Waals surface area contributed by atoms with Crippen molar-refractivity contribution in [1.29, 1.82) is 5.26 Å². The van der Waals surface area contributed by atoms with Gasteiger partial charge in [0.1, 0.15) is 5.82 Å². The lowest BCUT2D eigenvalue weighted by Crippen LogP contribution is -1.91. The number of hydrogen-bond acceptors (Lipinski definition) is 4. The second-order valence-electron chi connectivity index (χ2n) is 4.11. The van der Waals surface area contributed by atoms with Gasteiger partial charge in [0.05, 0.1) is 11.6 Å². The number of fused-ring (bicyclic) bond motifs is 1. The second-order valence-corrected chi connectivity index (χ2v) is 5.06. The van der Waals surface area contributed by atoms with Crippen LogP contribution in [-0.2, 0) is 5.75 Å². The predicted molar refractivity (Wildman–Crippen MR) is 73.7 cm³/mol. The summed E-state index contributed by atoms with van der Waals surface area (Å²) < 4.78 is 15.1. The molecule has 0 saturated carbocycles. The summed E-state index contributed by atoms with van der Waals surface area (Å²) in [6.07, 6.45) is 1.87. The molecular weight excluding hydrogens is 275 g/mol. The summed E-state index contributed by atoms with van der Waals surface area (Å²) in [5, 5.41) is 17.9. The largest absolute Gasteiger partial charge is 0.277 e. The van der Waals surface area contributed by atoms with Gasteiger partial charge in [0.15, 0.2) is 10.8 Å². The number of nitriles is 1. The first kappa shape index (κ1) is 12.6. The standard InChI is InChI=1S/C14H9FN4S/c15-12-5-4-10(8-16)11(7-12)9-20-14-18-17-13-3-1-2-6-19(13)14/h1-7H,9H2. The molecular formula is C14H9FN4S. The molecule has 0 spiro atoms. The highest BCUT2D eigenvalue weighted by Gasteiger charge is 2.08. The van der Waals surface area contributed by atoms with E-state index in [9.17, 15) is 4.39 Å². The van der Waals surface area contributed by atoms with E-state index in [2.05, 4.69) is 16.3 Å². The monoisotopic (exact) mass is 284 g/mol. The summed E-state index contributed by atoms with van der Waals surface area (Å²) in [5.41, 5.74) is 1.90. The normalized spacial score (nSPS) is 10.6. The third-order valence-electron chi connectivity index (χ3n) is 2.83. The molecule has 0 amide bonds. The number of aromatic nitrogens is 3. The highest BCUT2D eigenvalue weighted by molar-refractivity contribution is 7.98. The summed E-state index contributed by atoms with van der Waals surface area (Å²) in [7, 11) is 0. The Morgan fingerprint density at radius 1 is 1.25 bits per heavy atom. The van der Waals surface area contributed by atoms with E-state index in [0.717, 1.165) is 5.65 Å². The zero-order chi connectivity index (χ0) is 13.9. The fraction of sp³-hybridized carbons (Fsp3) is 0.0714. The minimum absolute atomic E-state index is 0.342. The Hall–Kier alpha value is -2.39. The third kappa shape index (κ3) is 2.36. The van der Waals surface area contributed by atoms with Gasteiger partial charge < -0.3 is 0 Å². The zero-order valence-electron chi connectivity index (χ0n) is 10.3. The molecule has 0 atom stereocenters. The lowest BCUT2D eigenvalue weighted by molar-refractivity contribution is 0.626. The number of nitrogens with zero attached hydrogens (tertiary/aromatic N) is 4. The van der Waals surface area contributed by atoms with Crippen LogP contribution in [0, 0.1) is 17.1 Å². The van der Waals surface area contributed by atoms with Gasteiger partial charge in [0.2, 0.25) is 0 Å². The predicted octanol–water partition coefficient (Wildman–Crippen LogP) is 3.03. The van der Waals surface area contributed by atoms with Crippen LogP contribution in [0.15, 0.2) is 47.8 Å². The van der Waals surface area contributed by atoms with Crippen molar-refractivity contribution in [2.24, 2.45) is 0 Å². The maximum Gasteiger partial charge on any atom is 0.195 e. The van der Waals surface area contributed by atoms with Crippen LogP contribution in [0.2, 0.25) is 0 Å². The zero-order valence-corrected chi connectivity index (χ0v) is 11.1. The molecule has 0 aliphatic carbocycles. The molecule has 0 aliphatic rings. The molecule has 20 heavy (non-hydrogen) atoms. The van der Waals surface area contributed by atoms with Gasteiger partial charge in [-0.3, -0.25) is 4.40 Å². The molecule has 0 radical (unpaired) electrons. The fourth-order valence-electron chi connectivity index (χ4n) is 1.85. The van der Waals surface area contributed by atoms with Crippen molar-refractivity contribution in [3.8, 4) is 6.07 Å². The summed E-state index contributed by atoms with van der Waals surface area (Å²) in [4.78, 5) is 0. The Morgan fingerprint density at radius 3 is 3.00 bits per heavy atom. The minimum Gasteiger partial charge on any atom is -0.277 e. The van der Waals surface area contributed by atoms with E-state index in [-0.39, 0.29) is 5.82 Å². The van der Waals surface area contributed by atoms with Gasteiger partial charge in [-0.05, 0) is 35.9 Å². The SMILES string of the molecule is N#Cc1ccc(F)cc1CSc1nnc2ccccn12. The number of halogens is 1. The third-order valence-corrected chi connectivity index (χ3v) is 3.82. The highest BCUT2D eigenvalue weighted by Crippen LogP contribution is 2.23. The summed E-state index contributed by atoms with van der Waals surface area (Å²) >= 11 is 1.42. The van der Waals surface area contributed by atoms with Crippen LogP contribution in [0.4, 0.5) is 4.39 Å². The molecule has 0 fully saturated rings. The van der Waals surface area contributed by atoms with Crippen molar-refractivity contribution in [2.75, 3.05) is 0 Å². The van der Waals surface area contributed by atoms with Gasteiger partial charge in [-0.1, -0.05) is 17.8 Å². The van der Waals surface area contributed by atoms with Gasteiger partial charge in [-0.25, -0.2) is 4.39 Å². The van der Waals surface area contributed by atoms with E-state index in [0.29, 0.717) is 22.0 Å². The lowest BCUT2D eigenvalue weighted by Gasteiger charge is -2.03. The Bertz CT molecular complexity index is 806. The molecule has 2 aromatic heterocycles. The van der Waals surface area contributed by atoms with Crippen LogP contribution in [0.5, 0.6) is 0 Å². The number of thioether (sulfide) groups is 1. The first-order valence-corrected chi connectivity index (χ1v) is 6.87. The molecule has 0 unspecified atom stereocenters. The Balaban J connectivity index is 1.87. The van der Waals surface area contributed by atoms with E-state index >= 15 is 0 Å². The molecule has 4 nitrogen and oxygen atoms in total. The minimum atomic E-state index is -0.342. The van der Waals surface area contributed by atoms with E-state index in [4.69, 9.17) is 5.26 Å². The fourth-order valence-corrected chi connectivity index (χ4v) is 2.77. The van der Waals surface area contributed by atoms with E-state index in [1.165, 1.54) is 30.0 Å². The molecule has 1 aromatic carbocycles. The molecule has 98 valence electrons. The number of benzene rings is 1. The first-order valence-electron chi connectivity index (χ1n) is 5.89. The van der Waals surface area contributed by atoms with Gasteiger partial charge in [-0.15, -0.1) is 10.2 Å². The van der Waals surface area contributed by atoms with Gasteiger partial charge in [-0.2, -0.15) is 5.26 Å². The molecule has 6 heteroatoms. The van der Waals surface area contributed by atoms with E-state index < -0.39 is 0 Å². The maximum absolute atomic E-state index is 13.3. The van der Waals surface area contributed by atoms with Gasteiger partial charge in [0.25, 0.3) is 0 Å². The molecule has 2 heterocycles. The Labute approximate surface area is 118 Å². The first-order chi connectivity index (χ1) is 9.78. The molecule has 3 rings (SSSR count). The van der Waals surface area contributed by atoms with Gasteiger partial charge in [0, 0.05) is 11.9 Å². The van der Waals surface area contributed by atoms with Crippen LogP contribution >= 0.6 is 11.8 Å². The summed E-state index contributed by atoms with van der Waals surface area (Å²) in [6, 6.07) is 11.9. The molecule has 3 aromatic rings. The van der Waals surface area contributed by atoms with Crippen LogP contribution in [-0.4, -0.2) is 14.6 Å². The van der Waals surface area contributed by atoms with Crippen LogP contribution in [0.3, 0.4) is 0 Å². The van der Waals surface area contributed by atoms with Crippen molar-refractivity contribution >= 4 is 17.4 Å². The Morgan fingerprint density at radius 2 is 2.15 bits per heavy atom.